The molecule has 0 bridgehead atoms. The molecule has 4 aromatic rings. The van der Waals surface area contributed by atoms with Gasteiger partial charge in [-0.25, -0.2) is 0 Å². The van der Waals surface area contributed by atoms with Crippen molar-refractivity contribution in [2.24, 2.45) is 0 Å². The summed E-state index contributed by atoms with van der Waals surface area (Å²) in [5.41, 5.74) is 3.45. The van der Waals surface area contributed by atoms with Crippen LogP contribution in [-0.4, -0.2) is 10.8 Å². The largest absolute Gasteiger partial charge is 0.464 e. The van der Waals surface area contributed by atoms with E-state index >= 15 is 0 Å². The normalized spacial score (nSPS) is 11.9. The molecule has 0 saturated heterocycles. The number of aryl methyl sites for hydroxylation is 1. The summed E-state index contributed by atoms with van der Waals surface area (Å²) in [7, 11) is 0. The molecule has 156 valence electrons. The van der Waals surface area contributed by atoms with Gasteiger partial charge in [0.1, 0.15) is 11.0 Å². The third kappa shape index (κ3) is 4.70. The number of alkyl halides is 1. The van der Waals surface area contributed by atoms with Gasteiger partial charge in [-0.3, -0.25) is 9.59 Å². The highest BCUT2D eigenvalue weighted by molar-refractivity contribution is 6.30. The molecule has 0 spiro atoms. The van der Waals surface area contributed by atoms with Crippen molar-refractivity contribution >= 4 is 28.5 Å². The lowest BCUT2D eigenvalue weighted by atomic mass is 10.1. The van der Waals surface area contributed by atoms with E-state index in [2.05, 4.69) is 0 Å². The smallest absolute Gasteiger partial charge is 0.245 e. The summed E-state index contributed by atoms with van der Waals surface area (Å²) in [4.78, 5) is 28.0. The number of fused-ring (bicyclic) bond motifs is 1. The number of carbonyl (C=O) groups is 1. The van der Waals surface area contributed by atoms with E-state index in [1.54, 1.807) is 11.0 Å². The van der Waals surface area contributed by atoms with Gasteiger partial charge in [0, 0.05) is 6.54 Å². The molecule has 0 fully saturated rings. The molecule has 0 aliphatic heterocycles. The van der Waals surface area contributed by atoms with E-state index in [1.165, 1.54) is 6.26 Å². The average Bonchev–Trinajstić information content (AvgIpc) is 2.81. The van der Waals surface area contributed by atoms with Crippen LogP contribution in [0.25, 0.3) is 11.0 Å². The van der Waals surface area contributed by atoms with E-state index in [-0.39, 0.29) is 17.9 Å². The SMILES string of the molecule is Cc1ccc2occ(CN(Cc3ccccc3)C(=O)C(Cl)c3ccccc3)c(=O)c2c1. The van der Waals surface area contributed by atoms with Crippen molar-refractivity contribution in [1.29, 1.82) is 0 Å². The molecule has 0 N–H and O–H groups in total. The van der Waals surface area contributed by atoms with Gasteiger partial charge in [0.25, 0.3) is 0 Å². The maximum Gasteiger partial charge on any atom is 0.245 e. The van der Waals surface area contributed by atoms with Crippen LogP contribution in [0.4, 0.5) is 0 Å². The molecule has 1 aromatic heterocycles. The topological polar surface area (TPSA) is 50.5 Å². The molecule has 4 nitrogen and oxygen atoms in total. The fourth-order valence-electron chi connectivity index (χ4n) is 3.54. The Morgan fingerprint density at radius 3 is 2.35 bits per heavy atom. The summed E-state index contributed by atoms with van der Waals surface area (Å²) in [6.45, 7) is 2.37. The van der Waals surface area contributed by atoms with Crippen molar-refractivity contribution < 1.29 is 9.21 Å². The van der Waals surface area contributed by atoms with Gasteiger partial charge in [-0.05, 0) is 30.2 Å². The first kappa shape index (κ1) is 20.9. The fraction of sp³-hybridized carbons (Fsp3) is 0.154. The van der Waals surface area contributed by atoms with Crippen LogP contribution >= 0.6 is 11.6 Å². The van der Waals surface area contributed by atoms with Crippen LogP contribution in [0, 0.1) is 6.92 Å². The molecule has 31 heavy (non-hydrogen) atoms. The standard InChI is InChI=1S/C26H22ClNO3/c1-18-12-13-23-22(14-18)25(29)21(17-31-23)16-28(15-19-8-4-2-5-9-19)26(30)24(27)20-10-6-3-7-11-20/h2-14,17,24H,15-16H2,1H3. The summed E-state index contributed by atoms with van der Waals surface area (Å²) >= 11 is 6.55. The van der Waals surface area contributed by atoms with E-state index in [4.69, 9.17) is 16.0 Å². The minimum atomic E-state index is -0.848. The number of amides is 1. The summed E-state index contributed by atoms with van der Waals surface area (Å²) in [5.74, 6) is -0.263. The zero-order valence-electron chi connectivity index (χ0n) is 17.1. The third-order valence-corrected chi connectivity index (χ3v) is 5.64. The van der Waals surface area contributed by atoms with Crippen molar-refractivity contribution in [3.8, 4) is 0 Å². The van der Waals surface area contributed by atoms with Crippen molar-refractivity contribution in [1.82, 2.24) is 4.90 Å². The van der Waals surface area contributed by atoms with Crippen LogP contribution in [0.15, 0.2) is 94.3 Å². The van der Waals surface area contributed by atoms with Crippen molar-refractivity contribution in [2.75, 3.05) is 0 Å². The predicted octanol–water partition coefficient (Wildman–Crippen LogP) is 5.61. The predicted molar refractivity (Wildman–Crippen MR) is 123 cm³/mol. The molecule has 1 unspecified atom stereocenters. The van der Waals surface area contributed by atoms with E-state index in [1.807, 2.05) is 79.7 Å². The molecule has 1 heterocycles. The summed E-state index contributed by atoms with van der Waals surface area (Å²) in [6, 6.07) is 24.3. The molecule has 0 radical (unpaired) electrons. The first-order valence-corrected chi connectivity index (χ1v) is 10.5. The second-order valence-electron chi connectivity index (χ2n) is 7.54. The third-order valence-electron chi connectivity index (χ3n) is 5.20. The van der Waals surface area contributed by atoms with Gasteiger partial charge < -0.3 is 9.32 Å². The fourth-order valence-corrected chi connectivity index (χ4v) is 3.82. The van der Waals surface area contributed by atoms with Gasteiger partial charge in [0.2, 0.25) is 5.91 Å². The van der Waals surface area contributed by atoms with Crippen LogP contribution in [0.3, 0.4) is 0 Å². The molecule has 1 atom stereocenters. The van der Waals surface area contributed by atoms with Crippen LogP contribution in [0.5, 0.6) is 0 Å². The highest BCUT2D eigenvalue weighted by atomic mass is 35.5. The van der Waals surface area contributed by atoms with Gasteiger partial charge in [0.15, 0.2) is 5.43 Å². The van der Waals surface area contributed by atoms with Crippen molar-refractivity contribution in [3.05, 3.63) is 118 Å². The minimum absolute atomic E-state index is 0.107. The summed E-state index contributed by atoms with van der Waals surface area (Å²) in [5, 5.41) is -0.338. The Bertz CT molecular complexity index is 1250. The van der Waals surface area contributed by atoms with Crippen molar-refractivity contribution in [3.63, 3.8) is 0 Å². The van der Waals surface area contributed by atoms with Gasteiger partial charge in [-0.1, -0.05) is 72.3 Å². The second kappa shape index (κ2) is 9.19. The number of nitrogens with zero attached hydrogens (tertiary/aromatic N) is 1. The highest BCUT2D eigenvalue weighted by Gasteiger charge is 2.25. The van der Waals surface area contributed by atoms with Gasteiger partial charge in [-0.2, -0.15) is 0 Å². The van der Waals surface area contributed by atoms with Gasteiger partial charge >= 0.3 is 0 Å². The van der Waals surface area contributed by atoms with Gasteiger partial charge in [-0.15, -0.1) is 11.6 Å². The number of rotatable bonds is 6. The molecule has 3 aromatic carbocycles. The van der Waals surface area contributed by atoms with Crippen molar-refractivity contribution in [2.45, 2.75) is 25.4 Å². The summed E-state index contributed by atoms with van der Waals surface area (Å²) < 4.78 is 5.68. The molecule has 1 amide bonds. The lowest BCUT2D eigenvalue weighted by molar-refractivity contribution is -0.132. The Labute approximate surface area is 185 Å². The second-order valence-corrected chi connectivity index (χ2v) is 7.98. The Morgan fingerprint density at radius 1 is 0.968 bits per heavy atom. The average molecular weight is 432 g/mol. The van der Waals surface area contributed by atoms with Gasteiger partial charge in [0.05, 0.1) is 23.8 Å². The first-order chi connectivity index (χ1) is 15.0. The van der Waals surface area contributed by atoms with E-state index < -0.39 is 5.38 Å². The minimum Gasteiger partial charge on any atom is -0.464 e. The van der Waals surface area contributed by atoms with E-state index in [0.717, 1.165) is 11.1 Å². The lowest BCUT2D eigenvalue weighted by Crippen LogP contribution is -2.34. The van der Waals surface area contributed by atoms with Crippen LogP contribution in [-0.2, 0) is 17.9 Å². The molecule has 0 aliphatic carbocycles. The first-order valence-electron chi connectivity index (χ1n) is 10.1. The molecule has 4 rings (SSSR count). The molecule has 5 heteroatoms. The number of hydrogen-bond acceptors (Lipinski definition) is 3. The number of benzene rings is 3. The Hall–Kier alpha value is -3.37. The van der Waals surface area contributed by atoms with Crippen LogP contribution < -0.4 is 5.43 Å². The Kier molecular flexibility index (Phi) is 6.19. The van der Waals surface area contributed by atoms with Crippen LogP contribution in [0.2, 0.25) is 0 Å². The monoisotopic (exact) mass is 431 g/mol. The lowest BCUT2D eigenvalue weighted by Gasteiger charge is -2.25. The maximum atomic E-state index is 13.3. The molecule has 0 aliphatic rings. The molecular weight excluding hydrogens is 410 g/mol. The number of hydrogen-bond donors (Lipinski definition) is 0. The highest BCUT2D eigenvalue weighted by Crippen LogP contribution is 2.25. The Morgan fingerprint density at radius 2 is 1.65 bits per heavy atom. The maximum absolute atomic E-state index is 13.3. The van der Waals surface area contributed by atoms with Crippen LogP contribution in [0.1, 0.15) is 27.6 Å². The zero-order chi connectivity index (χ0) is 21.8. The quantitative estimate of drug-likeness (QED) is 0.373. The number of carbonyl (C=O) groups excluding carboxylic acids is 1. The zero-order valence-corrected chi connectivity index (χ0v) is 17.9. The van der Waals surface area contributed by atoms with E-state index in [9.17, 15) is 9.59 Å². The molecular formula is C26H22ClNO3. The number of halogens is 1. The summed E-state index contributed by atoms with van der Waals surface area (Å²) in [6.07, 6.45) is 1.44. The Balaban J connectivity index is 1.69. The van der Waals surface area contributed by atoms with E-state index in [0.29, 0.717) is 28.6 Å². The molecule has 0 saturated carbocycles.